The maximum atomic E-state index is 12.6. The Labute approximate surface area is 151 Å². The van der Waals surface area contributed by atoms with Crippen molar-refractivity contribution >= 4 is 22.6 Å². The molecule has 0 spiro atoms. The minimum Gasteiger partial charge on any atom is -0.387 e. The van der Waals surface area contributed by atoms with Crippen LogP contribution >= 0.6 is 0 Å². The Bertz CT molecular complexity index is 887. The number of fused-ring (bicyclic) bond motifs is 1. The standard InChI is InChI=1S/C19H21N5O2/c25-18(16-5-1-2-9-20-16)13-7-10-24(11-8-13)19(26)22-15-6-3-4-14-12-21-23-17(14)15/h1-6,9,12-13,18,25H,7-8,10-11H2,(H,21,23)(H,22,26)/t18-/m0/s1. The zero-order valence-electron chi connectivity index (χ0n) is 14.3. The number of aliphatic hydroxyl groups excluding tert-OH is 1. The predicted molar refractivity (Wildman–Crippen MR) is 98.6 cm³/mol. The number of anilines is 1. The van der Waals surface area contributed by atoms with Crippen LogP contribution in [0.15, 0.2) is 48.8 Å². The van der Waals surface area contributed by atoms with Crippen molar-refractivity contribution in [3.05, 3.63) is 54.5 Å². The average Bonchev–Trinajstić information content (AvgIpc) is 3.18. The Balaban J connectivity index is 1.37. The number of hydrogen-bond donors (Lipinski definition) is 3. The van der Waals surface area contributed by atoms with Gasteiger partial charge in [0.25, 0.3) is 0 Å². The lowest BCUT2D eigenvalue weighted by Gasteiger charge is -2.34. The summed E-state index contributed by atoms with van der Waals surface area (Å²) in [6.07, 6.45) is 4.34. The third-order valence-electron chi connectivity index (χ3n) is 4.98. The predicted octanol–water partition coefficient (Wildman–Crippen LogP) is 2.94. The zero-order valence-corrected chi connectivity index (χ0v) is 14.3. The van der Waals surface area contributed by atoms with Crippen LogP contribution < -0.4 is 5.32 Å². The van der Waals surface area contributed by atoms with Gasteiger partial charge in [-0.15, -0.1) is 0 Å². The second-order valence-electron chi connectivity index (χ2n) is 6.59. The first-order chi connectivity index (χ1) is 12.7. The second kappa shape index (κ2) is 7.13. The number of piperidine rings is 1. The molecule has 1 aromatic carbocycles. The maximum absolute atomic E-state index is 12.6. The summed E-state index contributed by atoms with van der Waals surface area (Å²) in [6, 6.07) is 11.1. The number of nitrogens with zero attached hydrogens (tertiary/aromatic N) is 3. The van der Waals surface area contributed by atoms with Crippen molar-refractivity contribution in [1.29, 1.82) is 0 Å². The first-order valence-electron chi connectivity index (χ1n) is 8.79. The number of benzene rings is 1. The van der Waals surface area contributed by atoms with Crippen molar-refractivity contribution in [2.75, 3.05) is 18.4 Å². The molecular formula is C19H21N5O2. The van der Waals surface area contributed by atoms with E-state index in [1.165, 1.54) is 0 Å². The summed E-state index contributed by atoms with van der Waals surface area (Å²) in [7, 11) is 0. The molecule has 2 aromatic heterocycles. The number of rotatable bonds is 3. The molecule has 4 rings (SSSR count). The van der Waals surface area contributed by atoms with E-state index >= 15 is 0 Å². The number of carbonyl (C=O) groups excluding carboxylic acids is 1. The molecule has 3 N–H and O–H groups in total. The SMILES string of the molecule is O=C(Nc1cccc2cn[nH]c12)N1CCC([C@H](O)c2ccccn2)CC1. The smallest absolute Gasteiger partial charge is 0.321 e. The third-order valence-corrected chi connectivity index (χ3v) is 4.98. The molecule has 7 heteroatoms. The van der Waals surface area contributed by atoms with Gasteiger partial charge in [-0.3, -0.25) is 10.1 Å². The first kappa shape index (κ1) is 16.5. The van der Waals surface area contributed by atoms with E-state index in [9.17, 15) is 9.90 Å². The van der Waals surface area contributed by atoms with Gasteiger partial charge in [-0.2, -0.15) is 5.10 Å². The molecule has 7 nitrogen and oxygen atoms in total. The van der Waals surface area contributed by atoms with Crippen LogP contribution in [0.25, 0.3) is 10.9 Å². The number of aliphatic hydroxyl groups is 1. The van der Waals surface area contributed by atoms with E-state index < -0.39 is 6.10 Å². The van der Waals surface area contributed by atoms with E-state index in [-0.39, 0.29) is 11.9 Å². The molecule has 0 aliphatic carbocycles. The summed E-state index contributed by atoms with van der Waals surface area (Å²) in [4.78, 5) is 18.6. The third kappa shape index (κ3) is 3.25. The lowest BCUT2D eigenvalue weighted by Crippen LogP contribution is -2.42. The van der Waals surface area contributed by atoms with Crippen LogP contribution in [0.2, 0.25) is 0 Å². The number of carbonyl (C=O) groups is 1. The quantitative estimate of drug-likeness (QED) is 0.676. The second-order valence-corrected chi connectivity index (χ2v) is 6.59. The molecule has 1 saturated heterocycles. The molecule has 0 unspecified atom stereocenters. The number of likely N-dealkylation sites (tertiary alicyclic amines) is 1. The number of amides is 2. The van der Waals surface area contributed by atoms with Gasteiger partial charge in [0.05, 0.1) is 29.2 Å². The fourth-order valence-corrected chi connectivity index (χ4v) is 3.48. The number of aromatic nitrogens is 3. The summed E-state index contributed by atoms with van der Waals surface area (Å²) >= 11 is 0. The van der Waals surface area contributed by atoms with Crippen molar-refractivity contribution in [2.45, 2.75) is 18.9 Å². The molecule has 134 valence electrons. The van der Waals surface area contributed by atoms with Crippen LogP contribution in [0, 0.1) is 5.92 Å². The van der Waals surface area contributed by atoms with Crippen molar-refractivity contribution in [2.24, 2.45) is 5.92 Å². The first-order valence-corrected chi connectivity index (χ1v) is 8.79. The molecule has 1 fully saturated rings. The Morgan fingerprint density at radius 1 is 1.23 bits per heavy atom. The van der Waals surface area contributed by atoms with Crippen LogP contribution in [0.4, 0.5) is 10.5 Å². The number of pyridine rings is 1. The monoisotopic (exact) mass is 351 g/mol. The largest absolute Gasteiger partial charge is 0.387 e. The van der Waals surface area contributed by atoms with Crippen molar-refractivity contribution in [1.82, 2.24) is 20.1 Å². The van der Waals surface area contributed by atoms with Crippen LogP contribution in [-0.4, -0.2) is 44.3 Å². The molecule has 2 amide bonds. The fraction of sp³-hybridized carbons (Fsp3) is 0.316. The molecule has 1 aliphatic heterocycles. The number of H-pyrrole nitrogens is 1. The number of para-hydroxylation sites is 1. The van der Waals surface area contributed by atoms with E-state index in [2.05, 4.69) is 20.5 Å². The van der Waals surface area contributed by atoms with Gasteiger partial charge in [-0.1, -0.05) is 18.2 Å². The van der Waals surface area contributed by atoms with E-state index in [0.717, 1.165) is 29.4 Å². The lowest BCUT2D eigenvalue weighted by molar-refractivity contribution is 0.0652. The van der Waals surface area contributed by atoms with Crippen molar-refractivity contribution in [3.8, 4) is 0 Å². The average molecular weight is 351 g/mol. The van der Waals surface area contributed by atoms with Crippen molar-refractivity contribution in [3.63, 3.8) is 0 Å². The minimum atomic E-state index is -0.583. The zero-order chi connectivity index (χ0) is 17.9. The van der Waals surface area contributed by atoms with Crippen LogP contribution in [-0.2, 0) is 0 Å². The van der Waals surface area contributed by atoms with Gasteiger partial charge in [0, 0.05) is 24.7 Å². The highest BCUT2D eigenvalue weighted by Crippen LogP contribution is 2.30. The summed E-state index contributed by atoms with van der Waals surface area (Å²) in [5.41, 5.74) is 2.24. The van der Waals surface area contributed by atoms with E-state index in [1.807, 2.05) is 36.4 Å². The molecule has 26 heavy (non-hydrogen) atoms. The summed E-state index contributed by atoms with van der Waals surface area (Å²) in [5.74, 6) is 0.116. The fourth-order valence-electron chi connectivity index (χ4n) is 3.48. The molecule has 3 aromatic rings. The van der Waals surface area contributed by atoms with Gasteiger partial charge in [-0.25, -0.2) is 4.79 Å². The highest BCUT2D eigenvalue weighted by molar-refractivity contribution is 5.99. The summed E-state index contributed by atoms with van der Waals surface area (Å²) in [5, 5.41) is 21.4. The molecule has 1 atom stereocenters. The van der Waals surface area contributed by atoms with Crippen LogP contribution in [0.5, 0.6) is 0 Å². The molecule has 0 saturated carbocycles. The number of hydrogen-bond acceptors (Lipinski definition) is 4. The minimum absolute atomic E-state index is 0.116. The molecule has 1 aliphatic rings. The highest BCUT2D eigenvalue weighted by Gasteiger charge is 2.29. The number of aromatic amines is 1. The van der Waals surface area contributed by atoms with Crippen LogP contribution in [0.3, 0.4) is 0 Å². The van der Waals surface area contributed by atoms with Crippen LogP contribution in [0.1, 0.15) is 24.6 Å². The van der Waals surface area contributed by atoms with Gasteiger partial charge in [0.1, 0.15) is 0 Å². The Hall–Kier alpha value is -2.93. The molecule has 0 bridgehead atoms. The van der Waals surface area contributed by atoms with Gasteiger partial charge >= 0.3 is 6.03 Å². The Morgan fingerprint density at radius 2 is 2.08 bits per heavy atom. The Morgan fingerprint density at radius 3 is 2.85 bits per heavy atom. The van der Waals surface area contributed by atoms with Gasteiger partial charge < -0.3 is 15.3 Å². The van der Waals surface area contributed by atoms with E-state index in [4.69, 9.17) is 0 Å². The van der Waals surface area contributed by atoms with Gasteiger partial charge in [0.15, 0.2) is 0 Å². The Kier molecular flexibility index (Phi) is 4.53. The number of nitrogens with one attached hydrogen (secondary N) is 2. The summed E-state index contributed by atoms with van der Waals surface area (Å²) < 4.78 is 0. The number of urea groups is 1. The molecular weight excluding hydrogens is 330 g/mol. The van der Waals surface area contributed by atoms with Crippen molar-refractivity contribution < 1.29 is 9.90 Å². The highest BCUT2D eigenvalue weighted by atomic mass is 16.3. The lowest BCUT2D eigenvalue weighted by atomic mass is 9.89. The van der Waals surface area contributed by atoms with E-state index in [0.29, 0.717) is 18.8 Å². The summed E-state index contributed by atoms with van der Waals surface area (Å²) in [6.45, 7) is 1.22. The topological polar surface area (TPSA) is 94.1 Å². The normalized spacial score (nSPS) is 16.6. The van der Waals surface area contributed by atoms with E-state index in [1.54, 1.807) is 17.3 Å². The molecule has 3 heterocycles. The van der Waals surface area contributed by atoms with Gasteiger partial charge in [-0.05, 0) is 37.0 Å². The maximum Gasteiger partial charge on any atom is 0.321 e. The molecule has 0 radical (unpaired) electrons. The van der Waals surface area contributed by atoms with Gasteiger partial charge in [0.2, 0.25) is 0 Å².